The van der Waals surface area contributed by atoms with Gasteiger partial charge < -0.3 is 14.8 Å². The molecule has 26 heavy (non-hydrogen) atoms. The topological polar surface area (TPSA) is 75.4 Å². The van der Waals surface area contributed by atoms with Crippen molar-refractivity contribution >= 4 is 28.0 Å². The molecule has 0 spiro atoms. The van der Waals surface area contributed by atoms with Crippen LogP contribution < -0.4 is 10.9 Å². The number of hydrogen-bond acceptors (Lipinski definition) is 6. The Morgan fingerprint density at radius 2 is 2.00 bits per heavy atom. The molecular formula is C20H16N2O3S. The first-order chi connectivity index (χ1) is 12.7. The molecule has 0 radical (unpaired) electrons. The van der Waals surface area contributed by atoms with Crippen molar-refractivity contribution < 1.29 is 9.52 Å². The Morgan fingerprint density at radius 1 is 1.19 bits per heavy atom. The van der Waals surface area contributed by atoms with Gasteiger partial charge in [0.1, 0.15) is 16.3 Å². The predicted molar refractivity (Wildman–Crippen MR) is 105 cm³/mol. The van der Waals surface area contributed by atoms with Gasteiger partial charge in [0.05, 0.1) is 16.9 Å². The van der Waals surface area contributed by atoms with E-state index in [4.69, 9.17) is 4.42 Å². The standard InChI is InChI=1S/C20H16N2O3S/c1-2-21-15-9-13-8-14(20(24)25-18(13)10-17(15)23)16-11-26-19(22-16)12-6-4-3-5-7-12/h3-11,21,23H,2H2,1H3. The second kappa shape index (κ2) is 6.65. The first-order valence-electron chi connectivity index (χ1n) is 8.22. The van der Waals surface area contributed by atoms with E-state index in [1.54, 1.807) is 12.1 Å². The molecule has 2 N–H and O–H groups in total. The van der Waals surface area contributed by atoms with Gasteiger partial charge in [0.25, 0.3) is 0 Å². The van der Waals surface area contributed by atoms with Crippen LogP contribution in [0.4, 0.5) is 5.69 Å². The van der Waals surface area contributed by atoms with Gasteiger partial charge in [-0.1, -0.05) is 30.3 Å². The third kappa shape index (κ3) is 2.95. The fourth-order valence-electron chi connectivity index (χ4n) is 2.78. The summed E-state index contributed by atoms with van der Waals surface area (Å²) in [5.41, 5.74) is 2.47. The molecule has 0 unspecified atom stereocenters. The lowest BCUT2D eigenvalue weighted by Gasteiger charge is -2.08. The molecule has 0 fully saturated rings. The Bertz CT molecular complexity index is 1130. The number of nitrogens with zero attached hydrogens (tertiary/aromatic N) is 1. The summed E-state index contributed by atoms with van der Waals surface area (Å²) >= 11 is 1.48. The van der Waals surface area contributed by atoms with Crippen LogP contribution in [0.5, 0.6) is 5.75 Å². The molecule has 4 rings (SSSR count). The molecule has 0 atom stereocenters. The summed E-state index contributed by atoms with van der Waals surface area (Å²) in [5, 5.41) is 16.5. The lowest BCUT2D eigenvalue weighted by molar-refractivity contribution is 0.475. The van der Waals surface area contributed by atoms with E-state index in [1.807, 2.05) is 42.6 Å². The summed E-state index contributed by atoms with van der Waals surface area (Å²) in [7, 11) is 0. The van der Waals surface area contributed by atoms with Gasteiger partial charge in [-0.3, -0.25) is 0 Å². The van der Waals surface area contributed by atoms with Gasteiger partial charge in [-0.2, -0.15) is 0 Å². The van der Waals surface area contributed by atoms with Crippen molar-refractivity contribution in [3.8, 4) is 27.6 Å². The molecule has 6 heteroatoms. The van der Waals surface area contributed by atoms with E-state index < -0.39 is 5.63 Å². The second-order valence-corrected chi connectivity index (χ2v) is 6.65. The number of phenols is 1. The minimum atomic E-state index is -0.474. The first-order valence-corrected chi connectivity index (χ1v) is 9.09. The van der Waals surface area contributed by atoms with Gasteiger partial charge in [-0.15, -0.1) is 11.3 Å². The Hall–Kier alpha value is -3.12. The van der Waals surface area contributed by atoms with Gasteiger partial charge in [0, 0.05) is 28.9 Å². The average Bonchev–Trinajstić information content (AvgIpc) is 3.13. The quantitative estimate of drug-likeness (QED) is 0.405. The normalized spacial score (nSPS) is 11.0. The number of anilines is 1. The highest BCUT2D eigenvalue weighted by Crippen LogP contribution is 2.32. The Kier molecular flexibility index (Phi) is 4.18. The second-order valence-electron chi connectivity index (χ2n) is 5.79. The number of thiazole rings is 1. The Morgan fingerprint density at radius 3 is 2.77 bits per heavy atom. The van der Waals surface area contributed by atoms with Crippen LogP contribution in [0.25, 0.3) is 32.8 Å². The van der Waals surface area contributed by atoms with Crippen molar-refractivity contribution in [3.05, 3.63) is 64.3 Å². The number of rotatable bonds is 4. The van der Waals surface area contributed by atoms with Crippen molar-refractivity contribution in [1.29, 1.82) is 0 Å². The summed E-state index contributed by atoms with van der Waals surface area (Å²) < 4.78 is 5.40. The largest absolute Gasteiger partial charge is 0.506 e. The van der Waals surface area contributed by atoms with Gasteiger partial charge in [-0.05, 0) is 19.1 Å². The molecule has 0 aliphatic rings. The maximum Gasteiger partial charge on any atom is 0.345 e. The highest BCUT2D eigenvalue weighted by Gasteiger charge is 2.14. The number of nitrogens with one attached hydrogen (secondary N) is 1. The molecule has 0 saturated carbocycles. The molecule has 0 bridgehead atoms. The lowest BCUT2D eigenvalue weighted by Crippen LogP contribution is -2.03. The van der Waals surface area contributed by atoms with Crippen LogP contribution in [-0.4, -0.2) is 16.6 Å². The van der Waals surface area contributed by atoms with Crippen molar-refractivity contribution in [1.82, 2.24) is 4.98 Å². The summed E-state index contributed by atoms with van der Waals surface area (Å²) in [5.74, 6) is 0.0512. The van der Waals surface area contributed by atoms with Crippen molar-refractivity contribution in [2.24, 2.45) is 0 Å². The number of fused-ring (bicyclic) bond motifs is 1. The van der Waals surface area contributed by atoms with Crippen LogP contribution in [0.1, 0.15) is 6.92 Å². The molecule has 0 amide bonds. The molecule has 2 heterocycles. The van der Waals surface area contributed by atoms with Crippen LogP contribution in [0.2, 0.25) is 0 Å². The molecule has 2 aromatic carbocycles. The van der Waals surface area contributed by atoms with Crippen LogP contribution in [-0.2, 0) is 0 Å². The van der Waals surface area contributed by atoms with Crippen molar-refractivity contribution in [2.75, 3.05) is 11.9 Å². The van der Waals surface area contributed by atoms with Crippen LogP contribution in [0.15, 0.2) is 63.1 Å². The van der Waals surface area contributed by atoms with E-state index in [0.717, 1.165) is 16.0 Å². The van der Waals surface area contributed by atoms with Crippen molar-refractivity contribution in [3.63, 3.8) is 0 Å². The summed E-state index contributed by atoms with van der Waals surface area (Å²) in [4.78, 5) is 17.0. The zero-order valence-corrected chi connectivity index (χ0v) is 14.8. The predicted octanol–water partition coefficient (Wildman–Crippen LogP) is 4.72. The summed E-state index contributed by atoms with van der Waals surface area (Å²) in [6.45, 7) is 2.62. The zero-order chi connectivity index (χ0) is 18.1. The Balaban J connectivity index is 1.81. The zero-order valence-electron chi connectivity index (χ0n) is 14.0. The van der Waals surface area contributed by atoms with Gasteiger partial charge in [-0.25, -0.2) is 9.78 Å². The number of aromatic hydroxyl groups is 1. The monoisotopic (exact) mass is 364 g/mol. The third-order valence-electron chi connectivity index (χ3n) is 4.02. The molecule has 4 aromatic rings. The van der Waals surface area contributed by atoms with E-state index >= 15 is 0 Å². The van der Waals surface area contributed by atoms with Gasteiger partial charge in [0.15, 0.2) is 0 Å². The highest BCUT2D eigenvalue weighted by molar-refractivity contribution is 7.13. The molecule has 0 aliphatic carbocycles. The smallest absolute Gasteiger partial charge is 0.345 e. The number of aromatic nitrogens is 1. The molecule has 5 nitrogen and oxygen atoms in total. The van der Waals surface area contributed by atoms with E-state index in [1.165, 1.54) is 17.4 Å². The molecule has 130 valence electrons. The van der Waals surface area contributed by atoms with E-state index in [-0.39, 0.29) is 5.75 Å². The fraction of sp³-hybridized carbons (Fsp3) is 0.100. The first kappa shape index (κ1) is 16.4. The number of benzene rings is 2. The highest BCUT2D eigenvalue weighted by atomic mass is 32.1. The molecule has 2 aromatic heterocycles. The van der Waals surface area contributed by atoms with Crippen molar-refractivity contribution in [2.45, 2.75) is 6.92 Å². The van der Waals surface area contributed by atoms with E-state index in [0.29, 0.717) is 29.1 Å². The fourth-order valence-corrected chi connectivity index (χ4v) is 3.60. The maximum absolute atomic E-state index is 12.4. The summed E-state index contributed by atoms with van der Waals surface area (Å²) in [6, 6.07) is 14.8. The lowest BCUT2D eigenvalue weighted by atomic mass is 10.1. The molecule has 0 aliphatic heterocycles. The molecule has 0 saturated heterocycles. The SMILES string of the molecule is CCNc1cc2cc(-c3csc(-c4ccccc4)n3)c(=O)oc2cc1O. The Labute approximate surface area is 153 Å². The van der Waals surface area contributed by atoms with Crippen LogP contribution in [0, 0.1) is 0 Å². The minimum absolute atomic E-state index is 0.0512. The van der Waals surface area contributed by atoms with E-state index in [2.05, 4.69) is 10.3 Å². The van der Waals surface area contributed by atoms with Gasteiger partial charge in [0.2, 0.25) is 0 Å². The maximum atomic E-state index is 12.4. The third-order valence-corrected chi connectivity index (χ3v) is 4.91. The van der Waals surface area contributed by atoms with Gasteiger partial charge >= 0.3 is 5.63 Å². The minimum Gasteiger partial charge on any atom is -0.506 e. The molecular weight excluding hydrogens is 348 g/mol. The summed E-state index contributed by atoms with van der Waals surface area (Å²) in [6.07, 6.45) is 0. The number of phenolic OH excluding ortho intramolecular Hbond substituents is 1. The average molecular weight is 364 g/mol. The van der Waals surface area contributed by atoms with E-state index in [9.17, 15) is 9.90 Å². The van der Waals surface area contributed by atoms with Crippen LogP contribution in [0.3, 0.4) is 0 Å². The van der Waals surface area contributed by atoms with Crippen LogP contribution >= 0.6 is 11.3 Å². The number of hydrogen-bond donors (Lipinski definition) is 2.